The van der Waals surface area contributed by atoms with Crippen LogP contribution in [0, 0.1) is 108 Å². The summed E-state index contributed by atoms with van der Waals surface area (Å²) in [5.41, 5.74) is 6.31. The van der Waals surface area contributed by atoms with E-state index in [0.29, 0.717) is 37.2 Å². The molecule has 10 aliphatic rings. The fraction of sp³-hybridized carbons (Fsp3) is 1.00. The van der Waals surface area contributed by atoms with Crippen LogP contribution >= 0.6 is 35.3 Å². The van der Waals surface area contributed by atoms with Crippen molar-refractivity contribution in [1.82, 2.24) is 10.6 Å². The summed E-state index contributed by atoms with van der Waals surface area (Å²) in [4.78, 5) is 0. The Balaban J connectivity index is 0.000000152. The highest BCUT2D eigenvalue weighted by Gasteiger charge is 2.61. The van der Waals surface area contributed by atoms with E-state index >= 15 is 0 Å². The molecule has 2 nitrogen and oxygen atoms in total. The first-order valence-electron chi connectivity index (χ1n) is 33.2. The van der Waals surface area contributed by atoms with Crippen molar-refractivity contribution in [2.45, 2.75) is 278 Å². The normalized spacial score (nSPS) is 28.4. The molecule has 5 spiro atoms. The van der Waals surface area contributed by atoms with Crippen molar-refractivity contribution in [2.75, 3.05) is 54.9 Å². The zero-order valence-corrected chi connectivity index (χ0v) is 56.7. The molecule has 0 aromatic heterocycles. The summed E-state index contributed by atoms with van der Waals surface area (Å²) < 4.78 is 0.715. The summed E-state index contributed by atoms with van der Waals surface area (Å²) in [6.07, 6.45) is 31.2. The van der Waals surface area contributed by atoms with Crippen molar-refractivity contribution in [2.24, 2.45) is 108 Å². The van der Waals surface area contributed by atoms with Crippen LogP contribution in [0.3, 0.4) is 0 Å². The van der Waals surface area contributed by atoms with Gasteiger partial charge in [0.05, 0.1) is 0 Å². The van der Waals surface area contributed by atoms with Gasteiger partial charge in [0, 0.05) is 11.3 Å². The van der Waals surface area contributed by atoms with E-state index < -0.39 is 0 Å². The minimum atomic E-state index is 0.652. The van der Waals surface area contributed by atoms with Crippen LogP contribution in [0.15, 0.2) is 0 Å². The van der Waals surface area contributed by atoms with Crippen molar-refractivity contribution in [3.05, 3.63) is 0 Å². The minimum Gasteiger partial charge on any atom is -0.317 e. The first-order chi connectivity index (χ1) is 35.0. The zero-order valence-electron chi connectivity index (χ0n) is 54.2. The lowest BCUT2D eigenvalue weighted by molar-refractivity contribution is -0.121. The van der Waals surface area contributed by atoms with Gasteiger partial charge in [-0.3, -0.25) is 0 Å². The third-order valence-electron chi connectivity index (χ3n) is 26.1. The Hall–Kier alpha value is 0.970. The Labute approximate surface area is 483 Å². The number of piperidine rings is 2. The van der Waals surface area contributed by atoms with Crippen molar-refractivity contribution in [1.29, 1.82) is 0 Å². The van der Waals surface area contributed by atoms with Gasteiger partial charge in [0.25, 0.3) is 0 Å². The molecule has 0 amide bonds. The minimum absolute atomic E-state index is 0.652. The second-order valence-corrected chi connectivity index (χ2v) is 36.7. The highest BCUT2D eigenvalue weighted by Crippen LogP contribution is 2.69. The van der Waals surface area contributed by atoms with E-state index in [9.17, 15) is 0 Å². The fourth-order valence-electron chi connectivity index (χ4n) is 20.1. The molecule has 5 heterocycles. The highest BCUT2D eigenvalue weighted by molar-refractivity contribution is 8.00. The second kappa shape index (κ2) is 25.9. The molecule has 5 heteroatoms. The summed E-state index contributed by atoms with van der Waals surface area (Å²) in [5.74, 6) is 15.8. The third-order valence-corrected chi connectivity index (χ3v) is 30.0. The average Bonchev–Trinajstić information content (AvgIpc) is 3.30. The van der Waals surface area contributed by atoms with Crippen molar-refractivity contribution in [3.63, 3.8) is 0 Å². The van der Waals surface area contributed by atoms with Crippen LogP contribution in [0.2, 0.25) is 0 Å². The smallest absolute Gasteiger partial charge is 0.0171 e. The SMILES string of the molecule is CC(C)C1(C(C)C)CC2(CCCCS2)C1.CC(C)C1(C(C)C)CC2(CCCNC2)C1.CC(C)C1(C(C)C)CC2(CCCSC2)C1.CC(C)C1(C(C)C)CC2(CCNCC2)C1.CC(C)C1(C(C)C)CC2(CCSCC2)C1. The first-order valence-corrected chi connectivity index (χ1v) is 36.5. The van der Waals surface area contributed by atoms with Crippen molar-refractivity contribution >= 4 is 35.3 Å². The average molecular weight is 1100 g/mol. The lowest BCUT2D eigenvalue weighted by atomic mass is 9.43. The molecule has 0 aromatic carbocycles. The standard InChI is InChI=1S/2C14H27N.3C14H26S/c1-11(2)14(12(3)4)9-13(10-14)5-7-15-8-6-13;1-11(2)14(12(3)4)8-13(9-14)6-5-7-15-10-13;1-11(2)14(12(3)4)9-13(10-14)5-7-15-8-6-13;1-11(2)14(12(3)4)8-13(9-14)6-5-7-15-10-13;1-11(2)14(12(3)4)9-13(10-14)7-5-6-8-15-13/h2*11-12,15H,5-10H2,1-4H3;3*11-12H,5-10H2,1-4H3. The van der Waals surface area contributed by atoms with E-state index in [1.807, 2.05) is 0 Å². The van der Waals surface area contributed by atoms with Gasteiger partial charge in [0.15, 0.2) is 0 Å². The van der Waals surface area contributed by atoms with Crippen molar-refractivity contribution < 1.29 is 0 Å². The van der Waals surface area contributed by atoms with Crippen LogP contribution < -0.4 is 10.6 Å². The Bertz CT molecular complexity index is 1320. The molecule has 5 saturated carbocycles. The molecule has 10 fully saturated rings. The van der Waals surface area contributed by atoms with Gasteiger partial charge in [0.1, 0.15) is 0 Å². The van der Waals surface area contributed by atoms with E-state index in [2.05, 4.69) is 184 Å². The van der Waals surface area contributed by atoms with Gasteiger partial charge >= 0.3 is 0 Å². The molecular weight excluding hydrogens is 965 g/mol. The highest BCUT2D eigenvalue weighted by atomic mass is 32.2. The molecule has 5 aliphatic carbocycles. The van der Waals surface area contributed by atoms with E-state index in [4.69, 9.17) is 0 Å². The maximum absolute atomic E-state index is 3.59. The molecule has 440 valence electrons. The Kier molecular flexibility index (Phi) is 22.4. The first kappa shape index (κ1) is 65.1. The maximum Gasteiger partial charge on any atom is 0.0171 e. The fourth-order valence-corrected chi connectivity index (χ4v) is 24.6. The molecule has 75 heavy (non-hydrogen) atoms. The maximum atomic E-state index is 3.59. The number of nitrogens with one attached hydrogen (secondary N) is 2. The Morgan fingerprint density at radius 3 is 1.00 bits per heavy atom. The van der Waals surface area contributed by atoms with Gasteiger partial charge in [-0.25, -0.2) is 0 Å². The molecule has 10 rings (SSSR count). The Morgan fingerprint density at radius 2 is 0.653 bits per heavy atom. The van der Waals surface area contributed by atoms with Crippen molar-refractivity contribution in [3.8, 4) is 0 Å². The summed E-state index contributed by atoms with van der Waals surface area (Å²) in [6.45, 7) is 53.6. The number of thioether (sulfide) groups is 3. The van der Waals surface area contributed by atoms with E-state index in [-0.39, 0.29) is 0 Å². The van der Waals surface area contributed by atoms with Crippen LogP contribution in [0.5, 0.6) is 0 Å². The van der Waals surface area contributed by atoms with Gasteiger partial charge in [-0.1, -0.05) is 145 Å². The van der Waals surface area contributed by atoms with Crippen LogP contribution in [-0.4, -0.2) is 59.7 Å². The molecule has 2 N–H and O–H groups in total. The third kappa shape index (κ3) is 13.7. The van der Waals surface area contributed by atoms with Gasteiger partial charge in [-0.15, -0.1) is 0 Å². The van der Waals surface area contributed by atoms with Gasteiger partial charge in [0.2, 0.25) is 0 Å². The number of hydrogen-bond donors (Lipinski definition) is 2. The lowest BCUT2D eigenvalue weighted by Gasteiger charge is -2.62. The molecule has 5 aliphatic heterocycles. The molecule has 0 atom stereocenters. The molecular formula is C70H132N2S3. The van der Waals surface area contributed by atoms with Crippen LogP contribution in [0.4, 0.5) is 0 Å². The van der Waals surface area contributed by atoms with Crippen LogP contribution in [0.25, 0.3) is 0 Å². The second-order valence-electron chi connectivity index (χ2n) is 32.8. The zero-order chi connectivity index (χ0) is 55.5. The van der Waals surface area contributed by atoms with Gasteiger partial charge < -0.3 is 10.6 Å². The monoisotopic (exact) mass is 1100 g/mol. The lowest BCUT2D eigenvalue weighted by Crippen LogP contribution is -2.58. The largest absolute Gasteiger partial charge is 0.317 e. The molecule has 0 bridgehead atoms. The molecule has 0 radical (unpaired) electrons. The van der Waals surface area contributed by atoms with Gasteiger partial charge in [-0.05, 0) is 285 Å². The topological polar surface area (TPSA) is 24.1 Å². The molecule has 5 saturated heterocycles. The summed E-state index contributed by atoms with van der Waals surface area (Å²) in [6, 6.07) is 0. The number of hydrogen-bond acceptors (Lipinski definition) is 5. The summed E-state index contributed by atoms with van der Waals surface area (Å²) in [7, 11) is 0. The van der Waals surface area contributed by atoms with E-state index in [1.54, 1.807) is 0 Å². The van der Waals surface area contributed by atoms with E-state index in [1.165, 1.54) is 190 Å². The summed E-state index contributed by atoms with van der Waals surface area (Å²) in [5, 5.41) is 7.09. The molecule has 0 unspecified atom stereocenters. The molecule has 0 aromatic rings. The number of rotatable bonds is 10. The van der Waals surface area contributed by atoms with E-state index in [0.717, 1.165) is 75.4 Å². The van der Waals surface area contributed by atoms with Gasteiger partial charge in [-0.2, -0.15) is 35.3 Å². The quantitative estimate of drug-likeness (QED) is 0.227. The van der Waals surface area contributed by atoms with Crippen LogP contribution in [0.1, 0.15) is 273 Å². The predicted octanol–water partition coefficient (Wildman–Crippen LogP) is 20.8. The Morgan fingerprint density at radius 1 is 0.280 bits per heavy atom. The predicted molar refractivity (Wildman–Crippen MR) is 343 cm³/mol. The summed E-state index contributed by atoms with van der Waals surface area (Å²) >= 11 is 6.65. The van der Waals surface area contributed by atoms with Crippen LogP contribution in [-0.2, 0) is 0 Å².